The Morgan fingerprint density at radius 1 is 1.33 bits per heavy atom. The fourth-order valence-electron chi connectivity index (χ4n) is 1.63. The van der Waals surface area contributed by atoms with Crippen LogP contribution < -0.4 is 5.56 Å². The van der Waals surface area contributed by atoms with Gasteiger partial charge in [0.05, 0.1) is 5.52 Å². The van der Waals surface area contributed by atoms with Gasteiger partial charge in [-0.05, 0) is 24.1 Å². The highest BCUT2D eigenvalue weighted by Crippen LogP contribution is 2.20. The molecule has 0 aliphatic heterocycles. The Balaban J connectivity index is 2.96. The number of rotatable bonds is 1. The van der Waals surface area contributed by atoms with Crippen molar-refractivity contribution in [2.24, 2.45) is 0 Å². The number of halogens is 2. The minimum atomic E-state index is -1.00. The van der Waals surface area contributed by atoms with Crippen molar-refractivity contribution >= 4 is 10.9 Å². The summed E-state index contributed by atoms with van der Waals surface area (Å²) in [5.41, 5.74) is 0.246. The van der Waals surface area contributed by atoms with Crippen LogP contribution in [-0.2, 0) is 6.42 Å². The van der Waals surface area contributed by atoms with Crippen LogP contribution in [0.5, 0.6) is 0 Å². The molecule has 1 aromatic heterocycles. The lowest BCUT2D eigenvalue weighted by Crippen LogP contribution is -2.08. The minimum Gasteiger partial charge on any atom is -0.319 e. The number of fused-ring (bicyclic) bond motifs is 1. The van der Waals surface area contributed by atoms with Crippen LogP contribution in [0.2, 0.25) is 0 Å². The summed E-state index contributed by atoms with van der Waals surface area (Å²) in [7, 11) is 0. The molecule has 15 heavy (non-hydrogen) atoms. The minimum absolute atomic E-state index is 0.0562. The van der Waals surface area contributed by atoms with Crippen molar-refractivity contribution in [2.45, 2.75) is 13.3 Å². The van der Waals surface area contributed by atoms with Crippen LogP contribution in [-0.4, -0.2) is 4.98 Å². The molecule has 2 nitrogen and oxygen atoms in total. The highest BCUT2D eigenvalue weighted by Gasteiger charge is 2.10. The second kappa shape index (κ2) is 3.46. The number of H-pyrrole nitrogens is 1. The van der Waals surface area contributed by atoms with Crippen LogP contribution in [0.4, 0.5) is 8.78 Å². The fraction of sp³-hybridized carbons (Fsp3) is 0.182. The van der Waals surface area contributed by atoms with Crippen molar-refractivity contribution in [1.29, 1.82) is 0 Å². The molecular weight excluding hydrogens is 200 g/mol. The van der Waals surface area contributed by atoms with Gasteiger partial charge in [0.25, 0.3) is 0 Å². The van der Waals surface area contributed by atoms with Crippen molar-refractivity contribution in [2.75, 3.05) is 0 Å². The van der Waals surface area contributed by atoms with E-state index < -0.39 is 17.2 Å². The molecular formula is C11H9F2NO. The predicted molar refractivity (Wildman–Crippen MR) is 53.9 cm³/mol. The maximum Gasteiger partial charge on any atom is 0.248 e. The average Bonchev–Trinajstić information content (AvgIpc) is 2.23. The third kappa shape index (κ3) is 1.52. The lowest BCUT2D eigenvalue weighted by atomic mass is 10.1. The molecule has 0 saturated carbocycles. The molecule has 4 heteroatoms. The summed E-state index contributed by atoms with van der Waals surface area (Å²) >= 11 is 0. The maximum atomic E-state index is 13.3. The Morgan fingerprint density at radius 3 is 2.73 bits per heavy atom. The molecule has 0 saturated heterocycles. The number of hydrogen-bond donors (Lipinski definition) is 1. The van der Waals surface area contributed by atoms with Gasteiger partial charge in [-0.2, -0.15) is 0 Å². The van der Waals surface area contributed by atoms with Crippen LogP contribution in [0, 0.1) is 11.6 Å². The Bertz CT molecular complexity index is 575. The topological polar surface area (TPSA) is 32.9 Å². The number of aryl methyl sites for hydroxylation is 1. The zero-order valence-corrected chi connectivity index (χ0v) is 8.10. The smallest absolute Gasteiger partial charge is 0.248 e. The largest absolute Gasteiger partial charge is 0.319 e. The fourth-order valence-corrected chi connectivity index (χ4v) is 1.63. The van der Waals surface area contributed by atoms with Crippen molar-refractivity contribution in [3.63, 3.8) is 0 Å². The van der Waals surface area contributed by atoms with E-state index in [4.69, 9.17) is 0 Å². The van der Waals surface area contributed by atoms with Crippen LogP contribution in [0.3, 0.4) is 0 Å². The Hall–Kier alpha value is -1.71. The van der Waals surface area contributed by atoms with Crippen LogP contribution in [0.1, 0.15) is 12.5 Å². The van der Waals surface area contributed by atoms with E-state index in [1.54, 1.807) is 0 Å². The van der Waals surface area contributed by atoms with Gasteiger partial charge in [0, 0.05) is 11.5 Å². The van der Waals surface area contributed by atoms with Gasteiger partial charge in [0.1, 0.15) is 0 Å². The predicted octanol–water partition coefficient (Wildman–Crippen LogP) is 2.37. The van der Waals surface area contributed by atoms with E-state index >= 15 is 0 Å². The van der Waals surface area contributed by atoms with E-state index in [9.17, 15) is 13.6 Å². The van der Waals surface area contributed by atoms with Gasteiger partial charge < -0.3 is 4.98 Å². The third-order valence-corrected chi connectivity index (χ3v) is 2.38. The molecule has 1 aromatic carbocycles. The first-order valence-corrected chi connectivity index (χ1v) is 4.63. The van der Waals surface area contributed by atoms with Gasteiger partial charge in [-0.15, -0.1) is 0 Å². The molecule has 1 N–H and O–H groups in total. The molecule has 2 rings (SSSR count). The molecule has 1 heterocycles. The van der Waals surface area contributed by atoms with Crippen LogP contribution in [0.25, 0.3) is 10.9 Å². The molecule has 0 unspecified atom stereocenters. The van der Waals surface area contributed by atoms with E-state index in [1.165, 1.54) is 12.1 Å². The van der Waals surface area contributed by atoms with Gasteiger partial charge in [0.2, 0.25) is 5.56 Å². The summed E-state index contributed by atoms with van der Waals surface area (Å²) in [4.78, 5) is 13.5. The number of aromatic amines is 1. The lowest BCUT2D eigenvalue weighted by molar-refractivity contribution is 0.515. The molecule has 0 aliphatic rings. The summed E-state index contributed by atoms with van der Waals surface area (Å²) in [6.07, 6.45) is 0.603. The number of hydrogen-bond acceptors (Lipinski definition) is 1. The molecule has 0 amide bonds. The van der Waals surface area contributed by atoms with Crippen molar-refractivity contribution < 1.29 is 8.78 Å². The van der Waals surface area contributed by atoms with Crippen molar-refractivity contribution in [3.8, 4) is 0 Å². The average molecular weight is 209 g/mol. The second-order valence-electron chi connectivity index (χ2n) is 3.30. The Morgan fingerprint density at radius 2 is 2.07 bits per heavy atom. The summed E-state index contributed by atoms with van der Waals surface area (Å²) in [6.45, 7) is 1.86. The van der Waals surface area contributed by atoms with Crippen LogP contribution in [0.15, 0.2) is 23.0 Å². The van der Waals surface area contributed by atoms with Gasteiger partial charge >= 0.3 is 0 Å². The molecule has 0 radical (unpaired) electrons. The quantitative estimate of drug-likeness (QED) is 0.768. The van der Waals surface area contributed by atoms with E-state index in [-0.39, 0.29) is 5.52 Å². The molecule has 78 valence electrons. The van der Waals surface area contributed by atoms with Gasteiger partial charge in [-0.3, -0.25) is 4.79 Å². The van der Waals surface area contributed by atoms with E-state index in [2.05, 4.69) is 4.98 Å². The summed E-state index contributed by atoms with van der Waals surface area (Å²) in [5.74, 6) is -1.95. The first-order chi connectivity index (χ1) is 7.13. The summed E-state index contributed by atoms with van der Waals surface area (Å²) < 4.78 is 26.3. The molecule has 0 bridgehead atoms. The highest BCUT2D eigenvalue weighted by atomic mass is 19.2. The number of aromatic nitrogens is 1. The Kier molecular flexibility index (Phi) is 2.26. The molecule has 2 aromatic rings. The molecule has 0 aliphatic carbocycles. The zero-order valence-electron chi connectivity index (χ0n) is 8.10. The second-order valence-corrected chi connectivity index (χ2v) is 3.30. The molecule has 0 fully saturated rings. The summed E-state index contributed by atoms with van der Waals surface area (Å²) in [5, 5.41) is 0.552. The van der Waals surface area contributed by atoms with Crippen molar-refractivity contribution in [1.82, 2.24) is 4.98 Å². The van der Waals surface area contributed by atoms with Crippen LogP contribution >= 0.6 is 0 Å². The van der Waals surface area contributed by atoms with Crippen molar-refractivity contribution in [3.05, 3.63) is 45.8 Å². The highest BCUT2D eigenvalue weighted by molar-refractivity contribution is 5.82. The van der Waals surface area contributed by atoms with Gasteiger partial charge in [-0.25, -0.2) is 8.78 Å². The number of benzene rings is 1. The van der Waals surface area contributed by atoms with E-state index in [0.29, 0.717) is 17.4 Å². The molecule has 0 atom stereocenters. The zero-order chi connectivity index (χ0) is 11.0. The van der Waals surface area contributed by atoms with E-state index in [1.807, 2.05) is 6.92 Å². The number of pyridine rings is 1. The SMILES string of the molecule is CCc1cc(=O)[nH]c2c(F)c(F)ccc12. The summed E-state index contributed by atoms with van der Waals surface area (Å²) in [6, 6.07) is 3.94. The maximum absolute atomic E-state index is 13.3. The van der Waals surface area contributed by atoms with Gasteiger partial charge in [-0.1, -0.05) is 6.92 Å². The van der Waals surface area contributed by atoms with E-state index in [0.717, 1.165) is 6.07 Å². The molecule has 0 spiro atoms. The first kappa shape index (κ1) is 9.83. The monoisotopic (exact) mass is 209 g/mol. The standard InChI is InChI=1S/C11H9F2NO/c1-2-6-5-9(15)14-11-7(6)3-4-8(12)10(11)13/h3-5H,2H2,1H3,(H,14,15). The van der Waals surface area contributed by atoms with Gasteiger partial charge in [0.15, 0.2) is 11.6 Å². The number of nitrogens with one attached hydrogen (secondary N) is 1. The third-order valence-electron chi connectivity index (χ3n) is 2.38. The normalized spacial score (nSPS) is 10.9. The Labute approximate surface area is 84.6 Å². The lowest BCUT2D eigenvalue weighted by Gasteiger charge is -2.04. The first-order valence-electron chi connectivity index (χ1n) is 4.63.